The summed E-state index contributed by atoms with van der Waals surface area (Å²) in [4.78, 5) is 12.9. The molecule has 1 amide bonds. The molecule has 2 N–H and O–H groups in total. The van der Waals surface area contributed by atoms with Crippen molar-refractivity contribution in [3.05, 3.63) is 0 Å². The molecular formula is C9H18N2O2. The molecule has 0 aromatic carbocycles. The van der Waals surface area contributed by atoms with E-state index in [-0.39, 0.29) is 12.5 Å². The summed E-state index contributed by atoms with van der Waals surface area (Å²) in [6.45, 7) is 5.35. The first-order valence-corrected chi connectivity index (χ1v) is 4.80. The van der Waals surface area contributed by atoms with Gasteiger partial charge in [0.05, 0.1) is 6.61 Å². The van der Waals surface area contributed by atoms with Crippen molar-refractivity contribution in [3.8, 4) is 0 Å². The number of hydrogen-bond acceptors (Lipinski definition) is 3. The van der Waals surface area contributed by atoms with E-state index in [0.29, 0.717) is 5.92 Å². The molecule has 1 aliphatic heterocycles. The van der Waals surface area contributed by atoms with Crippen LogP contribution in [0.25, 0.3) is 0 Å². The van der Waals surface area contributed by atoms with E-state index in [2.05, 4.69) is 10.2 Å². The zero-order valence-electron chi connectivity index (χ0n) is 8.12. The van der Waals surface area contributed by atoms with Crippen LogP contribution in [0.1, 0.15) is 13.3 Å². The minimum atomic E-state index is 0.0422. The van der Waals surface area contributed by atoms with E-state index in [4.69, 9.17) is 5.11 Å². The summed E-state index contributed by atoms with van der Waals surface area (Å²) in [5.41, 5.74) is 0. The second-order valence-corrected chi connectivity index (χ2v) is 3.62. The molecule has 1 fully saturated rings. The summed E-state index contributed by atoms with van der Waals surface area (Å²) >= 11 is 0. The fourth-order valence-corrected chi connectivity index (χ4v) is 1.71. The second kappa shape index (κ2) is 5.19. The third-order valence-electron chi connectivity index (χ3n) is 2.43. The summed E-state index contributed by atoms with van der Waals surface area (Å²) in [6, 6.07) is 0. The van der Waals surface area contributed by atoms with Gasteiger partial charge in [0.25, 0.3) is 0 Å². The summed E-state index contributed by atoms with van der Waals surface area (Å²) in [5, 5.41) is 11.5. The number of β-amino-alcohol motifs (C(OH)–C–C–N with tert-alkyl or cyclic N) is 1. The smallest absolute Gasteiger partial charge is 0.216 e. The first kappa shape index (κ1) is 10.5. The van der Waals surface area contributed by atoms with E-state index < -0.39 is 0 Å². The quantitative estimate of drug-likeness (QED) is 0.618. The molecule has 1 unspecified atom stereocenters. The lowest BCUT2D eigenvalue weighted by Crippen LogP contribution is -2.30. The van der Waals surface area contributed by atoms with Gasteiger partial charge < -0.3 is 15.3 Å². The highest BCUT2D eigenvalue weighted by molar-refractivity contribution is 5.72. The molecule has 1 saturated heterocycles. The Bertz CT molecular complexity index is 173. The number of carbonyl (C=O) groups excluding carboxylic acids is 1. The van der Waals surface area contributed by atoms with E-state index in [1.165, 1.54) is 0 Å². The molecule has 1 rings (SSSR count). The lowest BCUT2D eigenvalue weighted by molar-refractivity contribution is -0.119. The molecule has 1 atom stereocenters. The largest absolute Gasteiger partial charge is 0.395 e. The summed E-state index contributed by atoms with van der Waals surface area (Å²) in [5.74, 6) is 0.607. The number of nitrogens with one attached hydrogen (secondary N) is 1. The van der Waals surface area contributed by atoms with E-state index in [9.17, 15) is 4.79 Å². The Morgan fingerprint density at radius 2 is 2.46 bits per heavy atom. The maximum absolute atomic E-state index is 10.6. The predicted octanol–water partition coefficient (Wildman–Crippen LogP) is -0.563. The second-order valence-electron chi connectivity index (χ2n) is 3.62. The first-order valence-electron chi connectivity index (χ1n) is 4.80. The molecule has 0 radical (unpaired) electrons. The Morgan fingerprint density at radius 1 is 1.69 bits per heavy atom. The molecular weight excluding hydrogens is 168 g/mol. The number of aliphatic hydroxyl groups excluding tert-OH is 1. The molecule has 0 saturated carbocycles. The van der Waals surface area contributed by atoms with Crippen molar-refractivity contribution in [3.63, 3.8) is 0 Å². The molecule has 0 aromatic rings. The molecule has 1 heterocycles. The number of aliphatic hydroxyl groups is 1. The van der Waals surface area contributed by atoms with Gasteiger partial charge in [-0.25, -0.2) is 0 Å². The number of amides is 1. The number of carbonyl (C=O) groups is 1. The molecule has 76 valence electrons. The SMILES string of the molecule is CC(=O)NCC1CCN(CCO)C1. The summed E-state index contributed by atoms with van der Waals surface area (Å²) < 4.78 is 0. The molecule has 13 heavy (non-hydrogen) atoms. The van der Waals surface area contributed by atoms with E-state index in [1.807, 2.05) is 0 Å². The standard InChI is InChI=1S/C9H18N2O2/c1-8(13)10-6-9-2-3-11(7-9)4-5-12/h9,12H,2-7H2,1H3,(H,10,13). The van der Waals surface area contributed by atoms with Gasteiger partial charge in [0.1, 0.15) is 0 Å². The average molecular weight is 186 g/mol. The van der Waals surface area contributed by atoms with Crippen molar-refractivity contribution in [2.45, 2.75) is 13.3 Å². The molecule has 0 spiro atoms. The van der Waals surface area contributed by atoms with Crippen LogP contribution in [0.4, 0.5) is 0 Å². The summed E-state index contributed by atoms with van der Waals surface area (Å²) in [7, 11) is 0. The van der Waals surface area contributed by atoms with Gasteiger partial charge >= 0.3 is 0 Å². The topological polar surface area (TPSA) is 52.6 Å². The van der Waals surface area contributed by atoms with Gasteiger partial charge in [0, 0.05) is 26.6 Å². The zero-order chi connectivity index (χ0) is 9.68. The predicted molar refractivity (Wildman–Crippen MR) is 50.3 cm³/mol. The zero-order valence-corrected chi connectivity index (χ0v) is 8.12. The van der Waals surface area contributed by atoms with E-state index >= 15 is 0 Å². The molecule has 4 heteroatoms. The molecule has 0 aliphatic carbocycles. The van der Waals surface area contributed by atoms with Gasteiger partial charge in [-0.2, -0.15) is 0 Å². The Morgan fingerprint density at radius 3 is 3.08 bits per heavy atom. The molecule has 0 aromatic heterocycles. The fraction of sp³-hybridized carbons (Fsp3) is 0.889. The molecule has 4 nitrogen and oxygen atoms in total. The number of hydrogen-bond donors (Lipinski definition) is 2. The van der Waals surface area contributed by atoms with E-state index in [1.54, 1.807) is 6.92 Å². The van der Waals surface area contributed by atoms with Gasteiger partial charge in [-0.3, -0.25) is 4.79 Å². The minimum absolute atomic E-state index is 0.0422. The average Bonchev–Trinajstić information content (AvgIpc) is 2.50. The number of likely N-dealkylation sites (tertiary alicyclic amines) is 1. The van der Waals surface area contributed by atoms with Gasteiger partial charge in [0.15, 0.2) is 0 Å². The maximum atomic E-state index is 10.6. The number of rotatable bonds is 4. The van der Waals surface area contributed by atoms with Crippen molar-refractivity contribution in [1.29, 1.82) is 0 Å². The van der Waals surface area contributed by atoms with Crippen molar-refractivity contribution >= 4 is 5.91 Å². The Kier molecular flexibility index (Phi) is 4.18. The highest BCUT2D eigenvalue weighted by Gasteiger charge is 2.21. The van der Waals surface area contributed by atoms with Crippen LogP contribution in [0.2, 0.25) is 0 Å². The highest BCUT2D eigenvalue weighted by Crippen LogP contribution is 2.14. The van der Waals surface area contributed by atoms with Crippen LogP contribution < -0.4 is 5.32 Å². The van der Waals surface area contributed by atoms with Crippen molar-refractivity contribution in [2.24, 2.45) is 5.92 Å². The lowest BCUT2D eigenvalue weighted by Gasteiger charge is -2.14. The Balaban J connectivity index is 2.13. The lowest BCUT2D eigenvalue weighted by atomic mass is 10.1. The number of nitrogens with zero attached hydrogens (tertiary/aromatic N) is 1. The van der Waals surface area contributed by atoms with Crippen LogP contribution in [0.3, 0.4) is 0 Å². The van der Waals surface area contributed by atoms with Crippen LogP contribution in [-0.4, -0.2) is 48.7 Å². The third-order valence-corrected chi connectivity index (χ3v) is 2.43. The van der Waals surface area contributed by atoms with Gasteiger partial charge in [-0.15, -0.1) is 0 Å². The Labute approximate surface area is 78.9 Å². The highest BCUT2D eigenvalue weighted by atomic mass is 16.3. The van der Waals surface area contributed by atoms with Crippen LogP contribution in [0.15, 0.2) is 0 Å². The van der Waals surface area contributed by atoms with Crippen molar-refractivity contribution in [2.75, 3.05) is 32.8 Å². The van der Waals surface area contributed by atoms with Crippen LogP contribution in [0.5, 0.6) is 0 Å². The van der Waals surface area contributed by atoms with Crippen molar-refractivity contribution in [1.82, 2.24) is 10.2 Å². The minimum Gasteiger partial charge on any atom is -0.395 e. The Hall–Kier alpha value is -0.610. The molecule has 1 aliphatic rings. The van der Waals surface area contributed by atoms with Crippen LogP contribution in [0, 0.1) is 5.92 Å². The van der Waals surface area contributed by atoms with Gasteiger partial charge in [0.2, 0.25) is 5.91 Å². The monoisotopic (exact) mass is 186 g/mol. The maximum Gasteiger partial charge on any atom is 0.216 e. The first-order chi connectivity index (χ1) is 6.22. The normalized spacial score (nSPS) is 23.4. The third kappa shape index (κ3) is 3.74. The van der Waals surface area contributed by atoms with Crippen LogP contribution >= 0.6 is 0 Å². The van der Waals surface area contributed by atoms with Crippen LogP contribution in [-0.2, 0) is 4.79 Å². The van der Waals surface area contributed by atoms with Gasteiger partial charge in [-0.1, -0.05) is 0 Å². The fourth-order valence-electron chi connectivity index (χ4n) is 1.71. The molecule has 0 bridgehead atoms. The van der Waals surface area contributed by atoms with Crippen molar-refractivity contribution < 1.29 is 9.90 Å². The summed E-state index contributed by atoms with van der Waals surface area (Å²) in [6.07, 6.45) is 1.13. The van der Waals surface area contributed by atoms with Gasteiger partial charge in [-0.05, 0) is 18.9 Å². The van der Waals surface area contributed by atoms with E-state index in [0.717, 1.165) is 32.6 Å².